The summed E-state index contributed by atoms with van der Waals surface area (Å²) in [7, 11) is 2.14. The van der Waals surface area contributed by atoms with E-state index in [0.29, 0.717) is 12.6 Å². The van der Waals surface area contributed by atoms with Gasteiger partial charge in [0.25, 0.3) is 0 Å². The normalized spacial score (nSPS) is 20.7. The highest BCUT2D eigenvalue weighted by Gasteiger charge is 2.28. The number of imidazole rings is 1. The van der Waals surface area contributed by atoms with Gasteiger partial charge in [0.15, 0.2) is 0 Å². The number of aromatic nitrogens is 3. The van der Waals surface area contributed by atoms with Crippen LogP contribution in [0.1, 0.15) is 23.9 Å². The van der Waals surface area contributed by atoms with E-state index in [0.717, 1.165) is 30.9 Å². The summed E-state index contributed by atoms with van der Waals surface area (Å²) >= 11 is 0. The predicted octanol–water partition coefficient (Wildman–Crippen LogP) is 0.607. The van der Waals surface area contributed by atoms with Gasteiger partial charge < -0.3 is 5.73 Å². The SMILES string of the molecule is CN1CCc2c(nc3ncccn23)C1CCN. The second-order valence-electron chi connectivity index (χ2n) is 4.56. The minimum atomic E-state index is 0.338. The molecule has 1 atom stereocenters. The molecule has 0 fully saturated rings. The van der Waals surface area contributed by atoms with Gasteiger partial charge in [0.2, 0.25) is 5.78 Å². The Bertz CT molecular complexity index is 533. The second-order valence-corrected chi connectivity index (χ2v) is 4.56. The van der Waals surface area contributed by atoms with Gasteiger partial charge in [-0.25, -0.2) is 9.97 Å². The summed E-state index contributed by atoms with van der Waals surface area (Å²) in [5.41, 5.74) is 8.15. The van der Waals surface area contributed by atoms with E-state index in [9.17, 15) is 0 Å². The van der Waals surface area contributed by atoms with Gasteiger partial charge in [0.1, 0.15) is 0 Å². The summed E-state index contributed by atoms with van der Waals surface area (Å²) in [4.78, 5) is 11.3. The van der Waals surface area contributed by atoms with Crippen molar-refractivity contribution in [1.82, 2.24) is 19.3 Å². The summed E-state index contributed by atoms with van der Waals surface area (Å²) in [5, 5.41) is 0. The lowest BCUT2D eigenvalue weighted by atomic mass is 10.0. The zero-order valence-electron chi connectivity index (χ0n) is 10.0. The third-order valence-electron chi connectivity index (χ3n) is 3.52. The Hall–Kier alpha value is -1.46. The van der Waals surface area contributed by atoms with Crippen LogP contribution >= 0.6 is 0 Å². The fourth-order valence-corrected chi connectivity index (χ4v) is 2.63. The van der Waals surface area contributed by atoms with Crippen molar-refractivity contribution in [2.45, 2.75) is 18.9 Å². The van der Waals surface area contributed by atoms with E-state index < -0.39 is 0 Å². The maximum Gasteiger partial charge on any atom is 0.234 e. The lowest BCUT2D eigenvalue weighted by Crippen LogP contribution is -2.33. The molecule has 5 heteroatoms. The van der Waals surface area contributed by atoms with Crippen LogP contribution in [0.5, 0.6) is 0 Å². The van der Waals surface area contributed by atoms with Gasteiger partial charge in [-0.3, -0.25) is 9.30 Å². The number of nitrogens with zero attached hydrogens (tertiary/aromatic N) is 4. The molecule has 0 spiro atoms. The first kappa shape index (κ1) is 10.7. The molecule has 2 N–H and O–H groups in total. The Kier molecular flexibility index (Phi) is 2.57. The van der Waals surface area contributed by atoms with Crippen LogP contribution in [-0.4, -0.2) is 39.4 Å². The molecule has 17 heavy (non-hydrogen) atoms. The quantitative estimate of drug-likeness (QED) is 0.822. The summed E-state index contributed by atoms with van der Waals surface area (Å²) in [6, 6.07) is 2.29. The average Bonchev–Trinajstić information content (AvgIpc) is 2.72. The van der Waals surface area contributed by atoms with Gasteiger partial charge in [-0.2, -0.15) is 0 Å². The fourth-order valence-electron chi connectivity index (χ4n) is 2.63. The van der Waals surface area contributed by atoms with Gasteiger partial charge in [-0.05, 0) is 26.1 Å². The molecular formula is C12H17N5. The highest BCUT2D eigenvalue weighted by molar-refractivity contribution is 5.38. The van der Waals surface area contributed by atoms with E-state index in [1.165, 1.54) is 5.69 Å². The van der Waals surface area contributed by atoms with Crippen LogP contribution in [-0.2, 0) is 6.42 Å². The van der Waals surface area contributed by atoms with Gasteiger partial charge in [0.05, 0.1) is 17.4 Å². The second kappa shape index (κ2) is 4.09. The fraction of sp³-hybridized carbons (Fsp3) is 0.500. The molecule has 90 valence electrons. The Balaban J connectivity index is 2.14. The van der Waals surface area contributed by atoms with Crippen molar-refractivity contribution in [2.75, 3.05) is 20.1 Å². The van der Waals surface area contributed by atoms with Gasteiger partial charge in [-0.1, -0.05) is 0 Å². The first-order chi connectivity index (χ1) is 8.31. The van der Waals surface area contributed by atoms with Crippen molar-refractivity contribution in [3.8, 4) is 0 Å². The highest BCUT2D eigenvalue weighted by atomic mass is 15.2. The molecule has 2 aromatic heterocycles. The van der Waals surface area contributed by atoms with Gasteiger partial charge in [0, 0.05) is 25.4 Å². The van der Waals surface area contributed by atoms with Crippen LogP contribution in [0.4, 0.5) is 0 Å². The standard InChI is InChI=1S/C12H17N5/c1-16-8-4-10-11(9(16)3-5-13)15-12-14-6-2-7-17(10)12/h2,6-7,9H,3-5,8,13H2,1H3. The molecule has 3 heterocycles. The molecule has 1 unspecified atom stereocenters. The van der Waals surface area contributed by atoms with Gasteiger partial charge >= 0.3 is 0 Å². The lowest BCUT2D eigenvalue weighted by molar-refractivity contribution is 0.216. The van der Waals surface area contributed by atoms with E-state index in [1.54, 1.807) is 6.20 Å². The average molecular weight is 231 g/mol. The monoisotopic (exact) mass is 231 g/mol. The molecule has 0 amide bonds. The maximum absolute atomic E-state index is 5.70. The molecular weight excluding hydrogens is 214 g/mol. The van der Waals surface area contributed by atoms with Crippen LogP contribution < -0.4 is 5.73 Å². The maximum atomic E-state index is 5.70. The van der Waals surface area contributed by atoms with Crippen molar-refractivity contribution in [1.29, 1.82) is 0 Å². The molecule has 5 nitrogen and oxygen atoms in total. The third kappa shape index (κ3) is 1.62. The number of hydrogen-bond acceptors (Lipinski definition) is 4. The molecule has 0 bridgehead atoms. The van der Waals surface area contributed by atoms with Crippen LogP contribution in [0.15, 0.2) is 18.5 Å². The Labute approximate surface area is 100 Å². The minimum absolute atomic E-state index is 0.338. The number of likely N-dealkylation sites (N-methyl/N-ethyl adjacent to an activating group) is 1. The lowest BCUT2D eigenvalue weighted by Gasteiger charge is -2.31. The van der Waals surface area contributed by atoms with E-state index in [4.69, 9.17) is 5.73 Å². The minimum Gasteiger partial charge on any atom is -0.330 e. The first-order valence-electron chi connectivity index (χ1n) is 6.03. The van der Waals surface area contributed by atoms with Crippen LogP contribution in [0.25, 0.3) is 5.78 Å². The Morgan fingerprint density at radius 3 is 3.24 bits per heavy atom. The van der Waals surface area contributed by atoms with Crippen molar-refractivity contribution in [3.63, 3.8) is 0 Å². The largest absolute Gasteiger partial charge is 0.330 e. The molecule has 0 saturated heterocycles. The first-order valence-corrected chi connectivity index (χ1v) is 6.03. The van der Waals surface area contributed by atoms with E-state index in [1.807, 2.05) is 12.3 Å². The van der Waals surface area contributed by atoms with Crippen molar-refractivity contribution < 1.29 is 0 Å². The molecule has 0 aromatic carbocycles. The zero-order valence-corrected chi connectivity index (χ0v) is 10.0. The van der Waals surface area contributed by atoms with Crippen molar-refractivity contribution in [2.24, 2.45) is 5.73 Å². The van der Waals surface area contributed by atoms with E-state index >= 15 is 0 Å². The summed E-state index contributed by atoms with van der Waals surface area (Å²) < 4.78 is 2.10. The van der Waals surface area contributed by atoms with Crippen LogP contribution in [0.2, 0.25) is 0 Å². The van der Waals surface area contributed by atoms with Crippen LogP contribution in [0.3, 0.4) is 0 Å². The summed E-state index contributed by atoms with van der Waals surface area (Å²) in [6.45, 7) is 1.75. The van der Waals surface area contributed by atoms with Crippen molar-refractivity contribution in [3.05, 3.63) is 29.8 Å². The number of hydrogen-bond donors (Lipinski definition) is 1. The molecule has 3 rings (SSSR count). The van der Waals surface area contributed by atoms with E-state index in [-0.39, 0.29) is 0 Å². The molecule has 1 aliphatic rings. The van der Waals surface area contributed by atoms with E-state index in [2.05, 4.69) is 26.3 Å². The van der Waals surface area contributed by atoms with Crippen LogP contribution in [0, 0.1) is 0 Å². The smallest absolute Gasteiger partial charge is 0.234 e. The molecule has 0 saturated carbocycles. The topological polar surface area (TPSA) is 59.5 Å². The molecule has 0 aliphatic carbocycles. The summed E-state index contributed by atoms with van der Waals surface area (Å²) in [6.07, 6.45) is 5.81. The molecule has 0 radical (unpaired) electrons. The van der Waals surface area contributed by atoms with Crippen molar-refractivity contribution >= 4 is 5.78 Å². The number of rotatable bonds is 2. The molecule has 2 aromatic rings. The molecule has 1 aliphatic heterocycles. The predicted molar refractivity (Wildman–Crippen MR) is 65.7 cm³/mol. The number of fused-ring (bicyclic) bond motifs is 3. The summed E-state index contributed by atoms with van der Waals surface area (Å²) in [5.74, 6) is 0.801. The Morgan fingerprint density at radius 2 is 2.41 bits per heavy atom. The zero-order chi connectivity index (χ0) is 11.8. The number of nitrogens with two attached hydrogens (primary N) is 1. The van der Waals surface area contributed by atoms with Gasteiger partial charge in [-0.15, -0.1) is 0 Å². The Morgan fingerprint density at radius 1 is 1.53 bits per heavy atom. The third-order valence-corrected chi connectivity index (χ3v) is 3.52. The highest BCUT2D eigenvalue weighted by Crippen LogP contribution is 2.30.